The molecule has 27 heavy (non-hydrogen) atoms. The molecule has 1 heterocycles. The minimum Gasteiger partial charge on any atom is -0.480 e. The van der Waals surface area contributed by atoms with Crippen molar-refractivity contribution < 1.29 is 27.9 Å². The third kappa shape index (κ3) is 7.28. The largest absolute Gasteiger partial charge is 0.480 e. The highest BCUT2D eigenvalue weighted by atomic mass is 32.2. The number of carboxylic acid groups (broad SMARTS) is 1. The summed E-state index contributed by atoms with van der Waals surface area (Å²) in [7, 11) is -3.67. The van der Waals surface area contributed by atoms with Crippen molar-refractivity contribution in [1.82, 2.24) is 9.21 Å². The lowest BCUT2D eigenvalue weighted by molar-refractivity contribution is -0.141. The maximum Gasteiger partial charge on any atom is 0.318 e. The van der Waals surface area contributed by atoms with Crippen LogP contribution in [-0.4, -0.2) is 79.8 Å². The number of aryl methyl sites for hydroxylation is 1. The van der Waals surface area contributed by atoms with Crippen molar-refractivity contribution in [1.29, 1.82) is 0 Å². The van der Waals surface area contributed by atoms with E-state index in [9.17, 15) is 18.0 Å². The topological polar surface area (TPSA) is 104 Å². The van der Waals surface area contributed by atoms with Crippen LogP contribution in [0.1, 0.15) is 18.4 Å². The van der Waals surface area contributed by atoms with Crippen molar-refractivity contribution in [2.24, 2.45) is 0 Å². The van der Waals surface area contributed by atoms with E-state index in [0.717, 1.165) is 23.4 Å². The Morgan fingerprint density at radius 2 is 2.00 bits per heavy atom. The Balaban J connectivity index is 1.84. The van der Waals surface area contributed by atoms with Gasteiger partial charge in [0.15, 0.2) is 0 Å². The summed E-state index contributed by atoms with van der Waals surface area (Å²) in [6.45, 7) is 0.316. The molecule has 1 aromatic carbocycles. The normalized spacial score (nSPS) is 17.9. The monoisotopic (exact) mass is 398 g/mol. The first-order valence-electron chi connectivity index (χ1n) is 8.86. The molecule has 0 aliphatic carbocycles. The van der Waals surface area contributed by atoms with Gasteiger partial charge in [0.2, 0.25) is 15.9 Å². The molecule has 1 unspecified atom stereocenters. The summed E-state index contributed by atoms with van der Waals surface area (Å²) in [5.41, 5.74) is 1.18. The summed E-state index contributed by atoms with van der Waals surface area (Å²) in [4.78, 5) is 25.0. The molecule has 2 rings (SSSR count). The number of carbonyl (C=O) groups is 2. The number of aliphatic carboxylic acids is 1. The smallest absolute Gasteiger partial charge is 0.318 e. The highest BCUT2D eigenvalue weighted by Gasteiger charge is 2.29. The van der Waals surface area contributed by atoms with Gasteiger partial charge in [-0.1, -0.05) is 30.3 Å². The lowest BCUT2D eigenvalue weighted by Crippen LogP contribution is -2.51. The summed E-state index contributed by atoms with van der Waals surface area (Å²) in [6.07, 6.45) is 2.39. The molecule has 0 radical (unpaired) electrons. The standard InChI is InChI=1S/C18H26N2O6S/c1-27(24,25)20(14-18(22)23)13-16-12-19(10-11-26-16)17(21)9-5-8-15-6-3-2-4-7-15/h2-4,6-7,16H,5,8-14H2,1H3,(H,22,23). The Morgan fingerprint density at radius 3 is 2.63 bits per heavy atom. The highest BCUT2D eigenvalue weighted by Crippen LogP contribution is 2.12. The minimum atomic E-state index is -3.67. The Morgan fingerprint density at radius 1 is 1.30 bits per heavy atom. The Kier molecular flexibility index (Phi) is 7.76. The minimum absolute atomic E-state index is 0.00312. The van der Waals surface area contributed by atoms with Crippen LogP contribution in [0.2, 0.25) is 0 Å². The molecular weight excluding hydrogens is 372 g/mol. The number of benzene rings is 1. The average molecular weight is 398 g/mol. The summed E-state index contributed by atoms with van der Waals surface area (Å²) in [6, 6.07) is 9.93. The van der Waals surface area contributed by atoms with Crippen molar-refractivity contribution in [3.05, 3.63) is 35.9 Å². The summed E-state index contributed by atoms with van der Waals surface area (Å²) in [5.74, 6) is -1.23. The second-order valence-corrected chi connectivity index (χ2v) is 8.60. The number of rotatable bonds is 9. The lowest BCUT2D eigenvalue weighted by Gasteiger charge is -2.35. The lowest BCUT2D eigenvalue weighted by atomic mass is 10.1. The first-order chi connectivity index (χ1) is 12.8. The molecule has 0 spiro atoms. The van der Waals surface area contributed by atoms with Crippen LogP contribution in [0.25, 0.3) is 0 Å². The zero-order chi connectivity index (χ0) is 19.9. The van der Waals surface area contributed by atoms with Crippen LogP contribution < -0.4 is 0 Å². The summed E-state index contributed by atoms with van der Waals surface area (Å²) >= 11 is 0. The van der Waals surface area contributed by atoms with E-state index in [1.807, 2.05) is 30.3 Å². The van der Waals surface area contributed by atoms with Crippen molar-refractivity contribution in [3.8, 4) is 0 Å². The quantitative estimate of drug-likeness (QED) is 0.653. The van der Waals surface area contributed by atoms with Gasteiger partial charge in [-0.15, -0.1) is 0 Å². The van der Waals surface area contributed by atoms with E-state index in [-0.39, 0.29) is 19.0 Å². The fraction of sp³-hybridized carbons (Fsp3) is 0.556. The molecule has 9 heteroatoms. The molecule has 0 aromatic heterocycles. The van der Waals surface area contributed by atoms with Crippen LogP contribution in [0, 0.1) is 0 Å². The molecule has 1 saturated heterocycles. The van der Waals surface area contributed by atoms with E-state index in [1.54, 1.807) is 4.90 Å². The number of morpholine rings is 1. The van der Waals surface area contributed by atoms with Crippen molar-refractivity contribution >= 4 is 21.9 Å². The van der Waals surface area contributed by atoms with Crippen LogP contribution in [0.4, 0.5) is 0 Å². The number of carbonyl (C=O) groups excluding carboxylic acids is 1. The molecule has 1 atom stereocenters. The van der Waals surface area contributed by atoms with Crippen molar-refractivity contribution in [2.75, 3.05) is 39.0 Å². The van der Waals surface area contributed by atoms with Gasteiger partial charge in [0.1, 0.15) is 6.54 Å². The van der Waals surface area contributed by atoms with E-state index in [2.05, 4.69) is 0 Å². The van der Waals surface area contributed by atoms with Gasteiger partial charge >= 0.3 is 5.97 Å². The van der Waals surface area contributed by atoms with Crippen molar-refractivity contribution in [2.45, 2.75) is 25.4 Å². The SMILES string of the molecule is CS(=O)(=O)N(CC(=O)O)CC1CN(C(=O)CCCc2ccccc2)CCO1. The number of carboxylic acids is 1. The highest BCUT2D eigenvalue weighted by molar-refractivity contribution is 7.88. The Hall–Kier alpha value is -1.97. The molecule has 1 aliphatic rings. The number of hydrogen-bond acceptors (Lipinski definition) is 5. The van der Waals surface area contributed by atoms with E-state index in [4.69, 9.17) is 9.84 Å². The molecule has 1 fully saturated rings. The van der Waals surface area contributed by atoms with Gasteiger partial charge in [0.25, 0.3) is 0 Å². The third-order valence-electron chi connectivity index (χ3n) is 4.38. The fourth-order valence-electron chi connectivity index (χ4n) is 3.00. The van der Waals surface area contributed by atoms with Crippen molar-refractivity contribution in [3.63, 3.8) is 0 Å². The fourth-order valence-corrected chi connectivity index (χ4v) is 3.78. The summed E-state index contributed by atoms with van der Waals surface area (Å²) < 4.78 is 29.9. The van der Waals surface area contributed by atoms with Crippen LogP contribution in [0.3, 0.4) is 0 Å². The molecular formula is C18H26N2O6S. The van der Waals surface area contributed by atoms with Gasteiger partial charge in [0.05, 0.1) is 19.0 Å². The van der Waals surface area contributed by atoms with Gasteiger partial charge in [0, 0.05) is 26.1 Å². The second-order valence-electron chi connectivity index (χ2n) is 6.62. The van der Waals surface area contributed by atoms with E-state index in [0.29, 0.717) is 19.6 Å². The van der Waals surface area contributed by atoms with Gasteiger partial charge < -0.3 is 14.7 Å². The van der Waals surface area contributed by atoms with E-state index < -0.39 is 28.6 Å². The molecule has 1 N–H and O–H groups in total. The van der Waals surface area contributed by atoms with Crippen LogP contribution in [-0.2, 0) is 30.8 Å². The molecule has 8 nitrogen and oxygen atoms in total. The van der Waals surface area contributed by atoms with Gasteiger partial charge in [-0.25, -0.2) is 8.42 Å². The Labute approximate surface area is 159 Å². The summed E-state index contributed by atoms with van der Waals surface area (Å²) in [5, 5.41) is 8.90. The number of amides is 1. The van der Waals surface area contributed by atoms with Gasteiger partial charge in [-0.3, -0.25) is 9.59 Å². The maximum absolute atomic E-state index is 12.4. The van der Waals surface area contributed by atoms with Crippen LogP contribution in [0.5, 0.6) is 0 Å². The second kappa shape index (κ2) is 9.82. The van der Waals surface area contributed by atoms with Gasteiger partial charge in [-0.05, 0) is 18.4 Å². The number of nitrogens with zero attached hydrogens (tertiary/aromatic N) is 2. The van der Waals surface area contributed by atoms with E-state index >= 15 is 0 Å². The first-order valence-corrected chi connectivity index (χ1v) is 10.7. The molecule has 1 aliphatic heterocycles. The van der Waals surface area contributed by atoms with Crippen LogP contribution in [0.15, 0.2) is 30.3 Å². The average Bonchev–Trinajstić information content (AvgIpc) is 2.61. The van der Waals surface area contributed by atoms with Crippen LogP contribution >= 0.6 is 0 Å². The number of sulfonamides is 1. The van der Waals surface area contributed by atoms with Gasteiger partial charge in [-0.2, -0.15) is 4.31 Å². The number of ether oxygens (including phenoxy) is 1. The molecule has 0 bridgehead atoms. The molecule has 0 saturated carbocycles. The first kappa shape index (κ1) is 21.3. The zero-order valence-corrected chi connectivity index (χ0v) is 16.2. The Bertz CT molecular complexity index is 737. The number of hydrogen-bond donors (Lipinski definition) is 1. The zero-order valence-electron chi connectivity index (χ0n) is 15.4. The maximum atomic E-state index is 12.4. The third-order valence-corrected chi connectivity index (χ3v) is 5.59. The predicted molar refractivity (Wildman–Crippen MR) is 99.8 cm³/mol. The molecule has 1 amide bonds. The molecule has 1 aromatic rings. The molecule has 150 valence electrons. The van der Waals surface area contributed by atoms with E-state index in [1.165, 1.54) is 5.56 Å². The predicted octanol–water partition coefficient (Wildman–Crippen LogP) is 0.583.